The first-order valence-corrected chi connectivity index (χ1v) is 5.77. The molecular formula is C13H18N2O2. The molecule has 4 heteroatoms. The molecule has 0 radical (unpaired) electrons. The van der Waals surface area contributed by atoms with Crippen LogP contribution in [0, 0.1) is 11.3 Å². The van der Waals surface area contributed by atoms with Crippen molar-refractivity contribution < 1.29 is 9.53 Å². The number of esters is 1. The largest absolute Gasteiger partial charge is 0.459 e. The molecular weight excluding hydrogens is 216 g/mol. The summed E-state index contributed by atoms with van der Waals surface area (Å²) in [5.74, 6) is -0.556. The standard InChI is InChI=1S/C13H18N2O2/c1-10(2)17-13(16)11(9-14)6-7-12-5-4-8-15(12)3/h6-7,10H,4-5,8H2,1-3H3/b11-6-,12-7+. The van der Waals surface area contributed by atoms with Gasteiger partial charge in [0.2, 0.25) is 0 Å². The van der Waals surface area contributed by atoms with Crippen LogP contribution >= 0.6 is 0 Å². The van der Waals surface area contributed by atoms with E-state index in [1.165, 1.54) is 0 Å². The van der Waals surface area contributed by atoms with Gasteiger partial charge in [0.25, 0.3) is 0 Å². The minimum atomic E-state index is -0.556. The lowest BCUT2D eigenvalue weighted by Crippen LogP contribution is -2.13. The second-order valence-corrected chi connectivity index (χ2v) is 4.33. The molecule has 0 N–H and O–H groups in total. The van der Waals surface area contributed by atoms with Crippen LogP contribution in [0.1, 0.15) is 26.7 Å². The Balaban J connectivity index is 2.74. The van der Waals surface area contributed by atoms with E-state index in [4.69, 9.17) is 10.00 Å². The zero-order valence-corrected chi connectivity index (χ0v) is 10.6. The number of rotatable bonds is 3. The van der Waals surface area contributed by atoms with Gasteiger partial charge in [-0.15, -0.1) is 0 Å². The number of carbonyl (C=O) groups excluding carboxylic acids is 1. The van der Waals surface area contributed by atoms with Crippen LogP contribution in [0.5, 0.6) is 0 Å². The van der Waals surface area contributed by atoms with E-state index in [1.807, 2.05) is 19.2 Å². The first-order chi connectivity index (χ1) is 8.04. The summed E-state index contributed by atoms with van der Waals surface area (Å²) < 4.78 is 4.97. The van der Waals surface area contributed by atoms with E-state index in [2.05, 4.69) is 4.90 Å². The van der Waals surface area contributed by atoms with Crippen molar-refractivity contribution in [3.8, 4) is 6.07 Å². The highest BCUT2D eigenvalue weighted by Gasteiger charge is 2.14. The monoisotopic (exact) mass is 234 g/mol. The van der Waals surface area contributed by atoms with Gasteiger partial charge in [0.05, 0.1) is 6.10 Å². The van der Waals surface area contributed by atoms with Crippen LogP contribution in [-0.2, 0) is 9.53 Å². The number of likely N-dealkylation sites (tertiary alicyclic amines) is 1. The van der Waals surface area contributed by atoms with Gasteiger partial charge in [-0.25, -0.2) is 4.79 Å². The molecule has 1 heterocycles. The molecule has 4 nitrogen and oxygen atoms in total. The molecule has 17 heavy (non-hydrogen) atoms. The van der Waals surface area contributed by atoms with Gasteiger partial charge in [-0.2, -0.15) is 5.26 Å². The molecule has 0 aliphatic carbocycles. The van der Waals surface area contributed by atoms with E-state index in [9.17, 15) is 4.79 Å². The maximum absolute atomic E-state index is 11.5. The molecule has 0 atom stereocenters. The summed E-state index contributed by atoms with van der Waals surface area (Å²) in [5, 5.41) is 8.89. The van der Waals surface area contributed by atoms with Crippen molar-refractivity contribution in [2.75, 3.05) is 13.6 Å². The first kappa shape index (κ1) is 13.3. The maximum atomic E-state index is 11.5. The molecule has 1 fully saturated rings. The molecule has 1 aliphatic rings. The normalized spacial score (nSPS) is 18.6. The minimum Gasteiger partial charge on any atom is -0.459 e. The lowest BCUT2D eigenvalue weighted by Gasteiger charge is -2.11. The van der Waals surface area contributed by atoms with Crippen LogP contribution in [0.3, 0.4) is 0 Å². The summed E-state index contributed by atoms with van der Waals surface area (Å²) in [5.41, 5.74) is 1.20. The predicted octanol–water partition coefficient (Wildman–Crippen LogP) is 2.00. The molecule has 1 saturated heterocycles. The van der Waals surface area contributed by atoms with Crippen LogP contribution in [-0.4, -0.2) is 30.6 Å². The van der Waals surface area contributed by atoms with Crippen LogP contribution in [0.15, 0.2) is 23.4 Å². The maximum Gasteiger partial charge on any atom is 0.349 e. The molecule has 1 rings (SSSR count). The van der Waals surface area contributed by atoms with Crippen LogP contribution in [0.2, 0.25) is 0 Å². The Morgan fingerprint density at radius 1 is 1.59 bits per heavy atom. The summed E-state index contributed by atoms with van der Waals surface area (Å²) in [6, 6.07) is 1.87. The van der Waals surface area contributed by atoms with Crippen molar-refractivity contribution in [3.05, 3.63) is 23.4 Å². The number of ether oxygens (including phenoxy) is 1. The van der Waals surface area contributed by atoms with Gasteiger partial charge in [-0.05, 0) is 38.8 Å². The second-order valence-electron chi connectivity index (χ2n) is 4.33. The van der Waals surface area contributed by atoms with Crippen molar-refractivity contribution >= 4 is 5.97 Å². The average molecular weight is 234 g/mol. The fourth-order valence-corrected chi connectivity index (χ4v) is 1.65. The van der Waals surface area contributed by atoms with Gasteiger partial charge >= 0.3 is 5.97 Å². The van der Waals surface area contributed by atoms with E-state index in [-0.39, 0.29) is 11.7 Å². The Kier molecular flexibility index (Phi) is 4.77. The molecule has 1 aliphatic heterocycles. The molecule has 0 aromatic rings. The summed E-state index contributed by atoms with van der Waals surface area (Å²) in [6.07, 6.45) is 5.27. The second kappa shape index (κ2) is 6.09. The van der Waals surface area contributed by atoms with Gasteiger partial charge in [-0.1, -0.05) is 0 Å². The third-order valence-electron chi connectivity index (χ3n) is 2.54. The molecule has 0 amide bonds. The number of hydrogen-bond donors (Lipinski definition) is 0. The highest BCUT2D eigenvalue weighted by molar-refractivity contribution is 5.93. The van der Waals surface area contributed by atoms with E-state index in [0.29, 0.717) is 0 Å². The van der Waals surface area contributed by atoms with Gasteiger partial charge < -0.3 is 9.64 Å². The minimum absolute atomic E-state index is 0.0477. The van der Waals surface area contributed by atoms with Crippen LogP contribution in [0.4, 0.5) is 0 Å². The molecule has 0 saturated carbocycles. The smallest absolute Gasteiger partial charge is 0.349 e. The zero-order chi connectivity index (χ0) is 12.8. The fraction of sp³-hybridized carbons (Fsp3) is 0.538. The fourth-order valence-electron chi connectivity index (χ4n) is 1.65. The molecule has 0 spiro atoms. The van der Waals surface area contributed by atoms with Crippen LogP contribution < -0.4 is 0 Å². The Hall–Kier alpha value is -1.76. The van der Waals surface area contributed by atoms with E-state index < -0.39 is 5.97 Å². The van der Waals surface area contributed by atoms with Gasteiger partial charge in [-0.3, -0.25) is 0 Å². The quantitative estimate of drug-likeness (QED) is 0.426. The summed E-state index contributed by atoms with van der Waals surface area (Å²) >= 11 is 0. The summed E-state index contributed by atoms with van der Waals surface area (Å²) in [6.45, 7) is 4.55. The van der Waals surface area contributed by atoms with Gasteiger partial charge in [0.15, 0.2) is 0 Å². The first-order valence-electron chi connectivity index (χ1n) is 5.77. The molecule has 0 aromatic carbocycles. The third kappa shape index (κ3) is 3.95. The molecule has 0 bridgehead atoms. The molecule has 0 unspecified atom stereocenters. The Bertz CT molecular complexity index is 389. The Labute approximate surface area is 102 Å². The molecule has 92 valence electrons. The lowest BCUT2D eigenvalue weighted by atomic mass is 10.2. The number of nitrogens with zero attached hydrogens (tertiary/aromatic N) is 2. The number of carbonyl (C=O) groups is 1. The van der Waals surface area contributed by atoms with Gasteiger partial charge in [0, 0.05) is 19.3 Å². The predicted molar refractivity (Wildman–Crippen MR) is 64.9 cm³/mol. The Morgan fingerprint density at radius 3 is 2.76 bits per heavy atom. The highest BCUT2D eigenvalue weighted by Crippen LogP contribution is 2.18. The number of allylic oxidation sites excluding steroid dienone is 3. The van der Waals surface area contributed by atoms with Crippen LogP contribution in [0.25, 0.3) is 0 Å². The SMILES string of the molecule is CC(C)OC(=O)/C(C#N)=C\C=C1/CCCN1C. The van der Waals surface area contributed by atoms with Crippen molar-refractivity contribution in [1.29, 1.82) is 5.26 Å². The van der Waals surface area contributed by atoms with Crippen molar-refractivity contribution in [3.63, 3.8) is 0 Å². The lowest BCUT2D eigenvalue weighted by molar-refractivity contribution is -0.142. The summed E-state index contributed by atoms with van der Waals surface area (Å²) in [4.78, 5) is 13.6. The Morgan fingerprint density at radius 2 is 2.29 bits per heavy atom. The van der Waals surface area contributed by atoms with Crippen molar-refractivity contribution in [2.24, 2.45) is 0 Å². The third-order valence-corrected chi connectivity index (χ3v) is 2.54. The van der Waals surface area contributed by atoms with E-state index in [1.54, 1.807) is 19.9 Å². The topological polar surface area (TPSA) is 53.3 Å². The van der Waals surface area contributed by atoms with E-state index >= 15 is 0 Å². The number of nitriles is 1. The summed E-state index contributed by atoms with van der Waals surface area (Å²) in [7, 11) is 2.01. The average Bonchev–Trinajstić information content (AvgIpc) is 2.64. The van der Waals surface area contributed by atoms with Gasteiger partial charge in [0.1, 0.15) is 11.6 Å². The molecule has 0 aromatic heterocycles. The van der Waals surface area contributed by atoms with E-state index in [0.717, 1.165) is 25.1 Å². The van der Waals surface area contributed by atoms with Crippen molar-refractivity contribution in [1.82, 2.24) is 4.90 Å². The zero-order valence-electron chi connectivity index (χ0n) is 10.6. The highest BCUT2D eigenvalue weighted by atomic mass is 16.5. The van der Waals surface area contributed by atoms with Crippen molar-refractivity contribution in [2.45, 2.75) is 32.8 Å². The number of hydrogen-bond acceptors (Lipinski definition) is 4.